The first-order chi connectivity index (χ1) is 6.24. The van der Waals surface area contributed by atoms with Crippen molar-refractivity contribution >= 4 is 12.3 Å². The van der Waals surface area contributed by atoms with E-state index < -0.39 is 5.97 Å². The number of benzene rings is 1. The molecule has 0 spiro atoms. The standard InChI is InChI=1S/C10H10O3/c1-8-3-2-4-9(7-8)10(12)13-6-5-11/h2-5,7H,6H2,1H3. The molecule has 0 saturated carbocycles. The number of hydrogen-bond donors (Lipinski definition) is 0. The van der Waals surface area contributed by atoms with E-state index in [4.69, 9.17) is 0 Å². The quantitative estimate of drug-likeness (QED) is 0.518. The van der Waals surface area contributed by atoms with E-state index in [-0.39, 0.29) is 6.61 Å². The Morgan fingerprint density at radius 1 is 1.54 bits per heavy atom. The van der Waals surface area contributed by atoms with Gasteiger partial charge in [0, 0.05) is 0 Å². The van der Waals surface area contributed by atoms with E-state index in [0.29, 0.717) is 11.8 Å². The van der Waals surface area contributed by atoms with Gasteiger partial charge in [0.25, 0.3) is 0 Å². The molecule has 0 aliphatic rings. The lowest BCUT2D eigenvalue weighted by Gasteiger charge is -2.00. The lowest BCUT2D eigenvalue weighted by molar-refractivity contribution is -0.110. The minimum atomic E-state index is -0.462. The molecule has 0 radical (unpaired) electrons. The fourth-order valence-electron chi connectivity index (χ4n) is 0.965. The Hall–Kier alpha value is -1.64. The zero-order valence-electron chi connectivity index (χ0n) is 7.32. The van der Waals surface area contributed by atoms with Gasteiger partial charge in [-0.1, -0.05) is 17.7 Å². The molecule has 0 saturated heterocycles. The molecule has 1 aromatic rings. The van der Waals surface area contributed by atoms with Gasteiger partial charge in [0.15, 0.2) is 6.29 Å². The topological polar surface area (TPSA) is 43.4 Å². The fraction of sp³-hybridized carbons (Fsp3) is 0.200. The second kappa shape index (κ2) is 4.40. The van der Waals surface area contributed by atoms with Crippen molar-refractivity contribution in [1.29, 1.82) is 0 Å². The predicted octanol–water partition coefficient (Wildman–Crippen LogP) is 1.35. The zero-order chi connectivity index (χ0) is 9.68. The third-order valence-corrected chi connectivity index (χ3v) is 1.54. The van der Waals surface area contributed by atoms with Gasteiger partial charge in [-0.05, 0) is 19.1 Å². The Morgan fingerprint density at radius 3 is 2.92 bits per heavy atom. The molecule has 3 heteroatoms. The van der Waals surface area contributed by atoms with Crippen molar-refractivity contribution in [2.24, 2.45) is 0 Å². The van der Waals surface area contributed by atoms with E-state index in [1.807, 2.05) is 13.0 Å². The highest BCUT2D eigenvalue weighted by atomic mass is 16.5. The molecule has 68 valence electrons. The van der Waals surface area contributed by atoms with Crippen LogP contribution in [0.15, 0.2) is 24.3 Å². The van der Waals surface area contributed by atoms with E-state index in [1.165, 1.54) is 0 Å². The summed E-state index contributed by atoms with van der Waals surface area (Å²) in [6.07, 6.45) is 0.549. The minimum absolute atomic E-state index is 0.188. The normalized spacial score (nSPS) is 9.31. The molecule has 0 fully saturated rings. The monoisotopic (exact) mass is 178 g/mol. The minimum Gasteiger partial charge on any atom is -0.454 e. The van der Waals surface area contributed by atoms with Crippen LogP contribution in [0, 0.1) is 6.92 Å². The summed E-state index contributed by atoms with van der Waals surface area (Å²) in [5.74, 6) is -0.462. The first kappa shape index (κ1) is 9.45. The molecule has 0 aromatic heterocycles. The molecule has 0 heterocycles. The molecule has 0 bridgehead atoms. The average Bonchev–Trinajstić information content (AvgIpc) is 2.14. The fourth-order valence-corrected chi connectivity index (χ4v) is 0.965. The molecule has 13 heavy (non-hydrogen) atoms. The van der Waals surface area contributed by atoms with E-state index >= 15 is 0 Å². The van der Waals surface area contributed by atoms with Crippen molar-refractivity contribution in [3.05, 3.63) is 35.4 Å². The van der Waals surface area contributed by atoms with Crippen molar-refractivity contribution in [2.75, 3.05) is 6.61 Å². The third-order valence-electron chi connectivity index (χ3n) is 1.54. The van der Waals surface area contributed by atoms with E-state index in [9.17, 15) is 9.59 Å². The first-order valence-corrected chi connectivity index (χ1v) is 3.91. The van der Waals surface area contributed by atoms with Crippen molar-refractivity contribution < 1.29 is 14.3 Å². The van der Waals surface area contributed by atoms with E-state index in [1.54, 1.807) is 18.2 Å². The highest BCUT2D eigenvalue weighted by Crippen LogP contribution is 2.04. The largest absolute Gasteiger partial charge is 0.454 e. The lowest BCUT2D eigenvalue weighted by atomic mass is 10.1. The number of esters is 1. The number of carbonyl (C=O) groups excluding carboxylic acids is 2. The van der Waals surface area contributed by atoms with Crippen LogP contribution >= 0.6 is 0 Å². The van der Waals surface area contributed by atoms with Crippen LogP contribution in [0.3, 0.4) is 0 Å². The molecule has 0 atom stereocenters. The van der Waals surface area contributed by atoms with E-state index in [0.717, 1.165) is 5.56 Å². The summed E-state index contributed by atoms with van der Waals surface area (Å²) in [5, 5.41) is 0. The molecular weight excluding hydrogens is 168 g/mol. The number of aryl methyl sites for hydroxylation is 1. The number of aldehydes is 1. The van der Waals surface area contributed by atoms with Gasteiger partial charge in [0.1, 0.15) is 6.61 Å². The maximum absolute atomic E-state index is 11.2. The molecule has 0 unspecified atom stereocenters. The Balaban J connectivity index is 2.71. The SMILES string of the molecule is Cc1cccc(C(=O)OCC=O)c1. The second-order valence-corrected chi connectivity index (χ2v) is 2.63. The molecular formula is C10H10O3. The average molecular weight is 178 g/mol. The van der Waals surface area contributed by atoms with Crippen molar-refractivity contribution in [3.63, 3.8) is 0 Å². The zero-order valence-corrected chi connectivity index (χ0v) is 7.32. The van der Waals surface area contributed by atoms with E-state index in [2.05, 4.69) is 4.74 Å². The van der Waals surface area contributed by atoms with Gasteiger partial charge in [-0.25, -0.2) is 4.79 Å². The van der Waals surface area contributed by atoms with Crippen LogP contribution in [0.5, 0.6) is 0 Å². The second-order valence-electron chi connectivity index (χ2n) is 2.63. The first-order valence-electron chi connectivity index (χ1n) is 3.91. The maximum atomic E-state index is 11.2. The van der Waals surface area contributed by atoms with Crippen LogP contribution in [0.4, 0.5) is 0 Å². The highest BCUT2D eigenvalue weighted by molar-refractivity contribution is 5.90. The smallest absolute Gasteiger partial charge is 0.338 e. The van der Waals surface area contributed by atoms with Gasteiger partial charge in [0.05, 0.1) is 5.56 Å². The summed E-state index contributed by atoms with van der Waals surface area (Å²) in [6.45, 7) is 1.70. The van der Waals surface area contributed by atoms with Crippen molar-refractivity contribution in [2.45, 2.75) is 6.92 Å². The van der Waals surface area contributed by atoms with Crippen molar-refractivity contribution in [3.8, 4) is 0 Å². The molecule has 0 N–H and O–H groups in total. The molecule has 3 nitrogen and oxygen atoms in total. The summed E-state index contributed by atoms with van der Waals surface area (Å²) in [4.78, 5) is 21.1. The Kier molecular flexibility index (Phi) is 3.20. The van der Waals surface area contributed by atoms with Crippen LogP contribution in [0.25, 0.3) is 0 Å². The number of carbonyl (C=O) groups is 2. The van der Waals surface area contributed by atoms with Crippen LogP contribution < -0.4 is 0 Å². The number of ether oxygens (including phenoxy) is 1. The van der Waals surface area contributed by atoms with Gasteiger partial charge < -0.3 is 4.74 Å². The molecule has 0 aliphatic carbocycles. The van der Waals surface area contributed by atoms with Gasteiger partial charge in [-0.2, -0.15) is 0 Å². The maximum Gasteiger partial charge on any atom is 0.338 e. The van der Waals surface area contributed by atoms with Crippen molar-refractivity contribution in [1.82, 2.24) is 0 Å². The lowest BCUT2D eigenvalue weighted by Crippen LogP contribution is -2.06. The Labute approximate surface area is 76.3 Å². The molecule has 0 amide bonds. The van der Waals surface area contributed by atoms with Gasteiger partial charge in [-0.3, -0.25) is 4.79 Å². The Bertz CT molecular complexity index is 318. The third kappa shape index (κ3) is 2.71. The van der Waals surface area contributed by atoms with Gasteiger partial charge >= 0.3 is 5.97 Å². The summed E-state index contributed by atoms with van der Waals surface area (Å²) in [7, 11) is 0. The van der Waals surface area contributed by atoms with Gasteiger partial charge in [0.2, 0.25) is 0 Å². The number of rotatable bonds is 3. The van der Waals surface area contributed by atoms with Crippen LogP contribution in [0.1, 0.15) is 15.9 Å². The predicted molar refractivity (Wildman–Crippen MR) is 47.5 cm³/mol. The summed E-state index contributed by atoms with van der Waals surface area (Å²) < 4.78 is 4.63. The molecule has 0 aliphatic heterocycles. The summed E-state index contributed by atoms with van der Waals surface area (Å²) >= 11 is 0. The van der Waals surface area contributed by atoms with Crippen LogP contribution in [-0.2, 0) is 9.53 Å². The summed E-state index contributed by atoms with van der Waals surface area (Å²) in [6, 6.07) is 7.02. The van der Waals surface area contributed by atoms with Gasteiger partial charge in [-0.15, -0.1) is 0 Å². The molecule has 1 rings (SSSR count). The highest BCUT2D eigenvalue weighted by Gasteiger charge is 2.05. The van der Waals surface area contributed by atoms with Crippen LogP contribution in [0.2, 0.25) is 0 Å². The van der Waals surface area contributed by atoms with Crippen LogP contribution in [-0.4, -0.2) is 18.9 Å². The number of hydrogen-bond acceptors (Lipinski definition) is 3. The summed E-state index contributed by atoms with van der Waals surface area (Å²) in [5.41, 5.74) is 1.46. The molecule has 1 aromatic carbocycles. The Morgan fingerprint density at radius 2 is 2.31 bits per heavy atom.